The van der Waals surface area contributed by atoms with Gasteiger partial charge >= 0.3 is 0 Å². The number of primary amides is 1. The molecule has 0 heterocycles. The fourth-order valence-electron chi connectivity index (χ4n) is 2.71. The number of halogens is 2. The van der Waals surface area contributed by atoms with Crippen molar-refractivity contribution < 1.29 is 22.4 Å². The fraction of sp³-hybridized carbons (Fsp3) is 0.222. The average Bonchev–Trinajstić information content (AvgIpc) is 2.61. The minimum absolute atomic E-state index is 0.0408. The Morgan fingerprint density at radius 1 is 1.25 bits per heavy atom. The van der Waals surface area contributed by atoms with Gasteiger partial charge in [-0.05, 0) is 36.8 Å². The minimum Gasteiger partial charge on any atom is -0.366 e. The molecule has 0 aromatic heterocycles. The second-order valence-corrected chi connectivity index (χ2v) is 8.25. The second kappa shape index (κ2) is 8.57. The zero-order chi connectivity index (χ0) is 21.1. The Morgan fingerprint density at radius 3 is 2.43 bits per heavy atom. The first kappa shape index (κ1) is 21.6. The van der Waals surface area contributed by atoms with Gasteiger partial charge in [-0.25, -0.2) is 12.8 Å². The summed E-state index contributed by atoms with van der Waals surface area (Å²) in [6.07, 6.45) is 1.03. The number of hydrogen-bond donors (Lipinski definition) is 2. The number of hydrogen-bond acceptors (Lipinski definition) is 4. The summed E-state index contributed by atoms with van der Waals surface area (Å²) >= 11 is 5.77. The van der Waals surface area contributed by atoms with E-state index in [0.717, 1.165) is 22.7 Å². The highest BCUT2D eigenvalue weighted by Crippen LogP contribution is 2.28. The Bertz CT molecular complexity index is 1010. The SMILES string of the molecule is CC[C@H](C(=O)Nc1ccccc1C(N)=O)N(c1ccc(F)c(Cl)c1)S(C)(=O)=O. The van der Waals surface area contributed by atoms with Crippen molar-refractivity contribution in [2.75, 3.05) is 15.9 Å². The number of carbonyl (C=O) groups excluding carboxylic acids is 2. The quantitative estimate of drug-likeness (QED) is 0.707. The standard InChI is InChI=1S/C18H19ClFN3O4S/c1-3-16(18(25)22-15-7-5-4-6-12(15)17(21)24)23(28(2,26)27)11-8-9-14(20)13(19)10-11/h4-10,16H,3H2,1-2H3,(H2,21,24)(H,22,25)/t16-/m1/s1. The number of amides is 2. The number of nitrogens with two attached hydrogens (primary N) is 1. The third-order valence-corrected chi connectivity index (χ3v) is 5.41. The minimum atomic E-state index is -3.92. The van der Waals surface area contributed by atoms with E-state index in [4.69, 9.17) is 17.3 Å². The van der Waals surface area contributed by atoms with Crippen LogP contribution in [0.3, 0.4) is 0 Å². The summed E-state index contributed by atoms with van der Waals surface area (Å²) in [5.74, 6) is -2.14. The van der Waals surface area contributed by atoms with E-state index in [-0.39, 0.29) is 28.4 Å². The van der Waals surface area contributed by atoms with Crippen molar-refractivity contribution >= 4 is 44.8 Å². The molecule has 7 nitrogen and oxygen atoms in total. The highest BCUT2D eigenvalue weighted by molar-refractivity contribution is 7.92. The molecule has 2 aromatic rings. The van der Waals surface area contributed by atoms with E-state index in [0.29, 0.717) is 0 Å². The van der Waals surface area contributed by atoms with E-state index < -0.39 is 33.7 Å². The third kappa shape index (κ3) is 4.79. The lowest BCUT2D eigenvalue weighted by molar-refractivity contribution is -0.117. The highest BCUT2D eigenvalue weighted by Gasteiger charge is 2.32. The molecule has 2 amide bonds. The number of nitrogens with zero attached hydrogens (tertiary/aromatic N) is 1. The van der Waals surface area contributed by atoms with Crippen LogP contribution in [0.25, 0.3) is 0 Å². The van der Waals surface area contributed by atoms with E-state index >= 15 is 0 Å². The van der Waals surface area contributed by atoms with Gasteiger partial charge in [0.05, 0.1) is 28.2 Å². The summed E-state index contributed by atoms with van der Waals surface area (Å²) in [6.45, 7) is 1.62. The Kier molecular flexibility index (Phi) is 6.63. The normalized spacial score (nSPS) is 12.3. The predicted molar refractivity (Wildman–Crippen MR) is 106 cm³/mol. The van der Waals surface area contributed by atoms with Crippen LogP contribution in [0, 0.1) is 5.82 Å². The molecular formula is C18H19ClFN3O4S. The molecule has 150 valence electrons. The van der Waals surface area contributed by atoms with E-state index in [9.17, 15) is 22.4 Å². The molecule has 0 saturated carbocycles. The van der Waals surface area contributed by atoms with Crippen molar-refractivity contribution in [3.05, 3.63) is 58.9 Å². The lowest BCUT2D eigenvalue weighted by Crippen LogP contribution is -2.47. The molecule has 0 bridgehead atoms. The van der Waals surface area contributed by atoms with Crippen LogP contribution in [0.2, 0.25) is 5.02 Å². The molecule has 0 aliphatic carbocycles. The molecule has 1 atom stereocenters. The summed E-state index contributed by atoms with van der Waals surface area (Å²) in [5.41, 5.74) is 5.59. The van der Waals surface area contributed by atoms with E-state index in [1.807, 2.05) is 0 Å². The van der Waals surface area contributed by atoms with Gasteiger partial charge in [0.1, 0.15) is 11.9 Å². The van der Waals surface area contributed by atoms with Gasteiger partial charge in [0, 0.05) is 0 Å². The molecule has 2 rings (SSSR count). The summed E-state index contributed by atoms with van der Waals surface area (Å²) < 4.78 is 39.1. The molecule has 0 aliphatic heterocycles. The molecule has 0 aliphatic rings. The summed E-state index contributed by atoms with van der Waals surface area (Å²) in [6, 6.07) is 8.28. The van der Waals surface area contributed by atoms with Crippen LogP contribution in [-0.4, -0.2) is 32.5 Å². The monoisotopic (exact) mass is 427 g/mol. The largest absolute Gasteiger partial charge is 0.366 e. The first-order chi connectivity index (χ1) is 13.1. The van der Waals surface area contributed by atoms with Gasteiger partial charge in [0.2, 0.25) is 15.9 Å². The molecule has 0 spiro atoms. The number of benzene rings is 2. The van der Waals surface area contributed by atoms with Gasteiger partial charge in [0.15, 0.2) is 0 Å². The van der Waals surface area contributed by atoms with E-state index in [2.05, 4.69) is 5.32 Å². The zero-order valence-corrected chi connectivity index (χ0v) is 16.7. The lowest BCUT2D eigenvalue weighted by atomic mass is 10.1. The van der Waals surface area contributed by atoms with Crippen molar-refractivity contribution in [3.63, 3.8) is 0 Å². The van der Waals surface area contributed by atoms with Crippen LogP contribution in [0.5, 0.6) is 0 Å². The first-order valence-corrected chi connectivity index (χ1v) is 10.4. The molecular weight excluding hydrogens is 409 g/mol. The maximum atomic E-state index is 13.5. The molecule has 0 saturated heterocycles. The maximum Gasteiger partial charge on any atom is 0.250 e. The summed E-state index contributed by atoms with van der Waals surface area (Å²) in [5, 5.41) is 2.26. The van der Waals surface area contributed by atoms with Crippen molar-refractivity contribution in [3.8, 4) is 0 Å². The number of nitrogens with one attached hydrogen (secondary N) is 1. The number of anilines is 2. The highest BCUT2D eigenvalue weighted by atomic mass is 35.5. The van der Waals surface area contributed by atoms with Gasteiger partial charge in [-0.1, -0.05) is 30.7 Å². The third-order valence-electron chi connectivity index (χ3n) is 3.94. The van der Waals surface area contributed by atoms with E-state index in [1.54, 1.807) is 19.1 Å². The number of carbonyl (C=O) groups is 2. The summed E-state index contributed by atoms with van der Waals surface area (Å²) in [7, 11) is -3.92. The van der Waals surface area contributed by atoms with Crippen LogP contribution in [0.1, 0.15) is 23.7 Å². The van der Waals surface area contributed by atoms with Crippen molar-refractivity contribution in [2.24, 2.45) is 5.73 Å². The van der Waals surface area contributed by atoms with Crippen molar-refractivity contribution in [2.45, 2.75) is 19.4 Å². The Balaban J connectivity index is 2.45. The zero-order valence-electron chi connectivity index (χ0n) is 15.1. The fourth-order valence-corrected chi connectivity index (χ4v) is 4.08. The Labute approximate surface area is 167 Å². The van der Waals surface area contributed by atoms with Crippen molar-refractivity contribution in [1.29, 1.82) is 0 Å². The Hall–Kier alpha value is -2.65. The van der Waals surface area contributed by atoms with Crippen LogP contribution >= 0.6 is 11.6 Å². The molecule has 0 fully saturated rings. The molecule has 0 radical (unpaired) electrons. The predicted octanol–water partition coefficient (Wildman–Crippen LogP) is 2.76. The Morgan fingerprint density at radius 2 is 1.89 bits per heavy atom. The van der Waals surface area contributed by atoms with Gasteiger partial charge in [-0.3, -0.25) is 13.9 Å². The topological polar surface area (TPSA) is 110 Å². The molecule has 2 aromatic carbocycles. The van der Waals surface area contributed by atoms with Crippen LogP contribution in [0.15, 0.2) is 42.5 Å². The van der Waals surface area contributed by atoms with Crippen LogP contribution in [-0.2, 0) is 14.8 Å². The smallest absolute Gasteiger partial charge is 0.250 e. The van der Waals surface area contributed by atoms with Gasteiger partial charge in [0.25, 0.3) is 5.91 Å². The first-order valence-electron chi connectivity index (χ1n) is 8.20. The van der Waals surface area contributed by atoms with Gasteiger partial charge in [-0.15, -0.1) is 0 Å². The molecule has 0 unspecified atom stereocenters. The number of para-hydroxylation sites is 1. The van der Waals surface area contributed by atoms with Gasteiger partial charge in [-0.2, -0.15) is 0 Å². The van der Waals surface area contributed by atoms with Crippen molar-refractivity contribution in [1.82, 2.24) is 0 Å². The molecule has 28 heavy (non-hydrogen) atoms. The van der Waals surface area contributed by atoms with Crippen LogP contribution in [0.4, 0.5) is 15.8 Å². The van der Waals surface area contributed by atoms with E-state index in [1.165, 1.54) is 18.2 Å². The lowest BCUT2D eigenvalue weighted by Gasteiger charge is -2.30. The van der Waals surface area contributed by atoms with Crippen LogP contribution < -0.4 is 15.4 Å². The maximum absolute atomic E-state index is 13.5. The molecule has 10 heteroatoms. The molecule has 3 N–H and O–H groups in total. The summed E-state index contributed by atoms with van der Waals surface area (Å²) in [4.78, 5) is 24.4. The van der Waals surface area contributed by atoms with Gasteiger partial charge < -0.3 is 11.1 Å². The second-order valence-electron chi connectivity index (χ2n) is 5.98. The average molecular weight is 428 g/mol. The number of rotatable bonds is 7. The number of sulfonamides is 1.